The maximum absolute atomic E-state index is 11.8. The van der Waals surface area contributed by atoms with Gasteiger partial charge in [0.1, 0.15) is 4.21 Å². The Bertz CT molecular complexity index is 352. The number of thiophene rings is 1. The van der Waals surface area contributed by atoms with E-state index in [1.807, 2.05) is 6.92 Å². The fourth-order valence-electron chi connectivity index (χ4n) is 1.10. The van der Waals surface area contributed by atoms with Crippen LogP contribution in [0.4, 0.5) is 0 Å². The topological polar surface area (TPSA) is 34.1 Å². The third-order valence-corrected chi connectivity index (χ3v) is 6.34. The van der Waals surface area contributed by atoms with Crippen molar-refractivity contribution in [3.05, 3.63) is 17.5 Å². The van der Waals surface area contributed by atoms with E-state index in [9.17, 15) is 8.42 Å². The summed E-state index contributed by atoms with van der Waals surface area (Å²) >= 11 is 4.62. The zero-order valence-electron chi connectivity index (χ0n) is 7.94. The number of hydrogen-bond acceptors (Lipinski definition) is 3. The summed E-state index contributed by atoms with van der Waals surface area (Å²) in [4.78, 5) is 0. The Morgan fingerprint density at radius 2 is 2.29 bits per heavy atom. The van der Waals surface area contributed by atoms with Gasteiger partial charge in [0, 0.05) is 5.33 Å². The summed E-state index contributed by atoms with van der Waals surface area (Å²) in [7, 11) is -3.05. The van der Waals surface area contributed by atoms with Crippen LogP contribution in [0.15, 0.2) is 21.7 Å². The van der Waals surface area contributed by atoms with Crippen LogP contribution < -0.4 is 0 Å². The first-order valence-electron chi connectivity index (χ1n) is 4.42. The van der Waals surface area contributed by atoms with E-state index in [1.54, 1.807) is 17.5 Å². The van der Waals surface area contributed by atoms with Crippen molar-refractivity contribution in [3.63, 3.8) is 0 Å². The molecule has 2 nitrogen and oxygen atoms in total. The third-order valence-electron chi connectivity index (χ3n) is 2.05. The number of halogens is 1. The Morgan fingerprint density at radius 3 is 2.71 bits per heavy atom. The molecule has 0 aromatic carbocycles. The van der Waals surface area contributed by atoms with Crippen LogP contribution in [0.1, 0.15) is 13.3 Å². The van der Waals surface area contributed by atoms with Crippen LogP contribution in [0, 0.1) is 5.92 Å². The van der Waals surface area contributed by atoms with Crippen molar-refractivity contribution in [3.8, 4) is 0 Å². The number of alkyl halides is 1. The Hall–Kier alpha value is 0.130. The minimum absolute atomic E-state index is 0.210. The van der Waals surface area contributed by atoms with E-state index in [0.29, 0.717) is 4.21 Å². The molecule has 0 aliphatic carbocycles. The Balaban J connectivity index is 2.77. The van der Waals surface area contributed by atoms with E-state index in [4.69, 9.17) is 0 Å². The zero-order chi connectivity index (χ0) is 10.6. The molecule has 1 aromatic heterocycles. The summed E-state index contributed by atoms with van der Waals surface area (Å²) in [6, 6.07) is 3.44. The molecule has 5 heteroatoms. The molecule has 1 unspecified atom stereocenters. The van der Waals surface area contributed by atoms with E-state index in [2.05, 4.69) is 15.9 Å². The van der Waals surface area contributed by atoms with Crippen LogP contribution in [0.2, 0.25) is 0 Å². The summed E-state index contributed by atoms with van der Waals surface area (Å²) in [5.74, 6) is 0.456. The number of hydrogen-bond donors (Lipinski definition) is 0. The fourth-order valence-corrected chi connectivity index (χ4v) is 4.92. The molecule has 0 saturated heterocycles. The second-order valence-corrected chi connectivity index (χ2v) is 7.00. The predicted octanol–water partition coefficient (Wildman–Crippen LogP) is 2.94. The summed E-state index contributed by atoms with van der Waals surface area (Å²) in [5, 5.41) is 2.54. The lowest BCUT2D eigenvalue weighted by Gasteiger charge is -2.10. The van der Waals surface area contributed by atoms with Gasteiger partial charge in [-0.15, -0.1) is 11.3 Å². The van der Waals surface area contributed by atoms with Crippen molar-refractivity contribution in [2.24, 2.45) is 5.92 Å². The van der Waals surface area contributed by atoms with Gasteiger partial charge in [0.05, 0.1) is 5.75 Å². The third kappa shape index (κ3) is 3.07. The average Bonchev–Trinajstić information content (AvgIpc) is 2.67. The maximum Gasteiger partial charge on any atom is 0.188 e. The lowest BCUT2D eigenvalue weighted by atomic mass is 10.2. The molecule has 0 radical (unpaired) electrons. The lowest BCUT2D eigenvalue weighted by molar-refractivity contribution is 0.570. The highest BCUT2D eigenvalue weighted by molar-refractivity contribution is 9.09. The van der Waals surface area contributed by atoms with Crippen LogP contribution in [0.5, 0.6) is 0 Å². The van der Waals surface area contributed by atoms with Crippen molar-refractivity contribution in [2.75, 3.05) is 11.1 Å². The Labute approximate surface area is 97.4 Å². The van der Waals surface area contributed by atoms with Gasteiger partial charge in [-0.2, -0.15) is 0 Å². The highest BCUT2D eigenvalue weighted by atomic mass is 79.9. The van der Waals surface area contributed by atoms with Gasteiger partial charge in [-0.25, -0.2) is 8.42 Å². The predicted molar refractivity (Wildman–Crippen MR) is 63.9 cm³/mol. The van der Waals surface area contributed by atoms with E-state index in [1.165, 1.54) is 11.3 Å². The summed E-state index contributed by atoms with van der Waals surface area (Å²) in [6.45, 7) is 2.01. The Kier molecular flexibility index (Phi) is 4.60. The van der Waals surface area contributed by atoms with Crippen LogP contribution in [0.25, 0.3) is 0 Å². The molecule has 0 bridgehead atoms. The van der Waals surface area contributed by atoms with Crippen molar-refractivity contribution in [1.82, 2.24) is 0 Å². The first-order chi connectivity index (χ1) is 6.60. The normalized spacial score (nSPS) is 14.1. The maximum atomic E-state index is 11.8. The zero-order valence-corrected chi connectivity index (χ0v) is 11.2. The molecule has 1 heterocycles. The van der Waals surface area contributed by atoms with Crippen molar-refractivity contribution >= 4 is 37.1 Å². The molecule has 1 atom stereocenters. The largest absolute Gasteiger partial charge is 0.223 e. The molecular formula is C9H13BrO2S2. The number of sulfone groups is 1. The van der Waals surface area contributed by atoms with Gasteiger partial charge in [-0.05, 0) is 17.4 Å². The first-order valence-corrected chi connectivity index (χ1v) is 8.07. The van der Waals surface area contributed by atoms with Crippen molar-refractivity contribution < 1.29 is 8.42 Å². The van der Waals surface area contributed by atoms with E-state index in [-0.39, 0.29) is 11.7 Å². The van der Waals surface area contributed by atoms with Crippen LogP contribution >= 0.6 is 27.3 Å². The van der Waals surface area contributed by atoms with Crippen molar-refractivity contribution in [1.29, 1.82) is 0 Å². The molecule has 0 saturated carbocycles. The van der Waals surface area contributed by atoms with E-state index >= 15 is 0 Å². The van der Waals surface area contributed by atoms with Gasteiger partial charge in [-0.1, -0.05) is 35.3 Å². The van der Waals surface area contributed by atoms with Gasteiger partial charge in [0.2, 0.25) is 0 Å². The molecule has 14 heavy (non-hydrogen) atoms. The van der Waals surface area contributed by atoms with Crippen LogP contribution in [0.3, 0.4) is 0 Å². The monoisotopic (exact) mass is 296 g/mol. The van der Waals surface area contributed by atoms with Gasteiger partial charge < -0.3 is 0 Å². The molecular weight excluding hydrogens is 284 g/mol. The van der Waals surface area contributed by atoms with Crippen LogP contribution in [-0.2, 0) is 9.84 Å². The lowest BCUT2D eigenvalue weighted by Crippen LogP contribution is -2.16. The minimum Gasteiger partial charge on any atom is -0.223 e. The summed E-state index contributed by atoms with van der Waals surface area (Å²) in [6.07, 6.45) is 0.885. The van der Waals surface area contributed by atoms with Gasteiger partial charge in [-0.3, -0.25) is 0 Å². The molecule has 0 N–H and O–H groups in total. The smallest absolute Gasteiger partial charge is 0.188 e. The van der Waals surface area contributed by atoms with Gasteiger partial charge in [0.15, 0.2) is 9.84 Å². The molecule has 0 spiro atoms. The van der Waals surface area contributed by atoms with Gasteiger partial charge >= 0.3 is 0 Å². The van der Waals surface area contributed by atoms with E-state index in [0.717, 1.165) is 11.8 Å². The molecule has 80 valence electrons. The fraction of sp³-hybridized carbons (Fsp3) is 0.556. The average molecular weight is 297 g/mol. The molecule has 1 aromatic rings. The first kappa shape index (κ1) is 12.2. The molecule has 0 fully saturated rings. The van der Waals surface area contributed by atoms with E-state index < -0.39 is 9.84 Å². The Morgan fingerprint density at radius 1 is 1.57 bits per heavy atom. The molecule has 0 aliphatic heterocycles. The molecule has 0 aliphatic rings. The summed E-state index contributed by atoms with van der Waals surface area (Å²) in [5.41, 5.74) is 0. The second-order valence-electron chi connectivity index (χ2n) is 3.14. The molecule has 0 amide bonds. The minimum atomic E-state index is -3.05. The van der Waals surface area contributed by atoms with Crippen molar-refractivity contribution in [2.45, 2.75) is 17.6 Å². The quantitative estimate of drug-likeness (QED) is 0.783. The standard InChI is InChI=1S/C9H13BrO2S2/c1-2-8(6-10)7-14(11,12)9-4-3-5-13-9/h3-5,8H,2,6-7H2,1H3. The highest BCUT2D eigenvalue weighted by Crippen LogP contribution is 2.21. The van der Waals surface area contributed by atoms with Gasteiger partial charge in [0.25, 0.3) is 0 Å². The second kappa shape index (κ2) is 5.28. The van der Waals surface area contributed by atoms with Crippen LogP contribution in [-0.4, -0.2) is 19.5 Å². The molecule has 1 rings (SSSR count). The summed E-state index contributed by atoms with van der Waals surface area (Å²) < 4.78 is 24.1. The number of rotatable bonds is 5. The highest BCUT2D eigenvalue weighted by Gasteiger charge is 2.20. The SMILES string of the molecule is CCC(CBr)CS(=O)(=O)c1cccs1.